The van der Waals surface area contributed by atoms with Gasteiger partial charge in [-0.05, 0) is 6.92 Å². The van der Waals surface area contributed by atoms with E-state index in [1.54, 1.807) is 6.92 Å². The summed E-state index contributed by atoms with van der Waals surface area (Å²) in [5, 5.41) is 8.40. The molecular weight excluding hydrogens is 94.0 g/mol. The molecule has 0 heterocycles. The van der Waals surface area contributed by atoms with Crippen LogP contribution in [0.25, 0.3) is 0 Å². The van der Waals surface area contributed by atoms with Crippen molar-refractivity contribution in [2.24, 2.45) is 0 Å². The Kier molecular flexibility index (Phi) is 3.98. The smallest absolute Gasteiger partial charge is 0.171 e. The molecule has 2 N–H and O–H groups in total. The Morgan fingerprint density at radius 1 is 1.86 bits per heavy atom. The minimum Gasteiger partial charge on any atom is -0.367 e. The maximum absolute atomic E-state index is 8.40. The van der Waals surface area contributed by atoms with Gasteiger partial charge < -0.3 is 5.11 Å². The van der Waals surface area contributed by atoms with Crippen molar-refractivity contribution in [2.45, 2.75) is 20.1 Å². The molecule has 0 aromatic heterocycles. The highest BCUT2D eigenvalue weighted by atomic mass is 16.7. The van der Waals surface area contributed by atoms with E-state index in [-0.39, 0.29) is 0 Å². The maximum atomic E-state index is 8.40. The molecule has 1 unspecified atom stereocenters. The molecule has 0 aliphatic rings. The van der Waals surface area contributed by atoms with E-state index in [9.17, 15) is 0 Å². The quantitative estimate of drug-likeness (QED) is 0.388. The Balaban J connectivity index is 2.68. The second kappa shape index (κ2) is 4.05. The predicted molar refractivity (Wildman–Crippen MR) is 26.4 cm³/mol. The number of aliphatic hydroxyl groups excluding tert-OH is 1. The van der Waals surface area contributed by atoms with E-state index in [1.165, 1.54) is 0 Å². The SMILES string of the molecule is CCNOC(C)O. The molecule has 0 fully saturated rings. The topological polar surface area (TPSA) is 41.5 Å². The van der Waals surface area contributed by atoms with E-state index in [0.717, 1.165) is 0 Å². The van der Waals surface area contributed by atoms with Crippen LogP contribution < -0.4 is 5.48 Å². The lowest BCUT2D eigenvalue weighted by molar-refractivity contribution is -0.132. The molecule has 3 nitrogen and oxygen atoms in total. The predicted octanol–water partition coefficient (Wildman–Crippen LogP) is -0.134. The van der Waals surface area contributed by atoms with Gasteiger partial charge >= 0.3 is 0 Å². The van der Waals surface area contributed by atoms with Gasteiger partial charge in [0.2, 0.25) is 0 Å². The van der Waals surface area contributed by atoms with Gasteiger partial charge in [0.1, 0.15) is 0 Å². The van der Waals surface area contributed by atoms with E-state index in [0.29, 0.717) is 6.54 Å². The lowest BCUT2D eigenvalue weighted by Gasteiger charge is -2.03. The van der Waals surface area contributed by atoms with Crippen molar-refractivity contribution in [3.05, 3.63) is 0 Å². The fourth-order valence-corrected chi connectivity index (χ4v) is 0.204. The maximum Gasteiger partial charge on any atom is 0.171 e. The minimum absolute atomic E-state index is 0.708. The summed E-state index contributed by atoms with van der Waals surface area (Å²) in [6.45, 7) is 4.15. The third-order valence-corrected chi connectivity index (χ3v) is 0.398. The zero-order valence-electron chi connectivity index (χ0n) is 4.64. The van der Waals surface area contributed by atoms with Crippen molar-refractivity contribution in [3.63, 3.8) is 0 Å². The lowest BCUT2D eigenvalue weighted by Crippen LogP contribution is -2.20. The Morgan fingerprint density at radius 2 is 2.43 bits per heavy atom. The largest absolute Gasteiger partial charge is 0.367 e. The molecule has 0 saturated carbocycles. The average molecular weight is 105 g/mol. The Morgan fingerprint density at radius 3 is 2.57 bits per heavy atom. The van der Waals surface area contributed by atoms with E-state index in [4.69, 9.17) is 5.11 Å². The van der Waals surface area contributed by atoms with Gasteiger partial charge in [-0.15, -0.1) is 0 Å². The Labute approximate surface area is 43.2 Å². The lowest BCUT2D eigenvalue weighted by atomic mass is 10.8. The second-order valence-corrected chi connectivity index (χ2v) is 1.22. The first-order valence-electron chi connectivity index (χ1n) is 2.34. The van der Waals surface area contributed by atoms with Crippen LogP contribution in [-0.4, -0.2) is 17.9 Å². The first kappa shape index (κ1) is 6.88. The molecule has 3 heteroatoms. The van der Waals surface area contributed by atoms with Gasteiger partial charge in [0.25, 0.3) is 0 Å². The van der Waals surface area contributed by atoms with Gasteiger partial charge in [0, 0.05) is 6.54 Å². The second-order valence-electron chi connectivity index (χ2n) is 1.22. The summed E-state index contributed by atoms with van der Waals surface area (Å²) in [4.78, 5) is 4.50. The highest BCUT2D eigenvalue weighted by molar-refractivity contribution is 4.18. The molecule has 0 aliphatic heterocycles. The van der Waals surface area contributed by atoms with Gasteiger partial charge in [0.05, 0.1) is 0 Å². The minimum atomic E-state index is -0.708. The molecule has 0 aliphatic carbocycles. The highest BCUT2D eigenvalue weighted by Gasteiger charge is 1.87. The van der Waals surface area contributed by atoms with Crippen LogP contribution in [0.15, 0.2) is 0 Å². The molecule has 1 atom stereocenters. The molecule has 44 valence electrons. The summed E-state index contributed by atoms with van der Waals surface area (Å²) in [6, 6.07) is 0. The highest BCUT2D eigenvalue weighted by Crippen LogP contribution is 1.74. The van der Waals surface area contributed by atoms with Crippen molar-refractivity contribution in [3.8, 4) is 0 Å². The van der Waals surface area contributed by atoms with Crippen LogP contribution in [0.5, 0.6) is 0 Å². The van der Waals surface area contributed by atoms with Crippen LogP contribution >= 0.6 is 0 Å². The van der Waals surface area contributed by atoms with Gasteiger partial charge in [-0.2, -0.15) is 5.48 Å². The number of rotatable bonds is 3. The number of hydrogen-bond acceptors (Lipinski definition) is 3. The summed E-state index contributed by atoms with van der Waals surface area (Å²) < 4.78 is 0. The molecule has 7 heavy (non-hydrogen) atoms. The van der Waals surface area contributed by atoms with E-state index in [2.05, 4.69) is 10.3 Å². The summed E-state index contributed by atoms with van der Waals surface area (Å²) in [6.07, 6.45) is -0.708. The summed E-state index contributed by atoms with van der Waals surface area (Å²) in [7, 11) is 0. The Bertz CT molecular complexity index is 38.7. The average Bonchev–Trinajstić information content (AvgIpc) is 1.61. The molecule has 0 rings (SSSR count). The fourth-order valence-electron chi connectivity index (χ4n) is 0.204. The van der Waals surface area contributed by atoms with Crippen molar-refractivity contribution >= 4 is 0 Å². The van der Waals surface area contributed by atoms with Gasteiger partial charge in [-0.3, -0.25) is 4.84 Å². The Hall–Kier alpha value is -0.120. The number of hydrogen-bond donors (Lipinski definition) is 2. The van der Waals surface area contributed by atoms with Crippen LogP contribution in [0.2, 0.25) is 0 Å². The number of hydroxylamine groups is 1. The molecule has 0 amide bonds. The summed E-state index contributed by atoms with van der Waals surface area (Å²) >= 11 is 0. The number of aliphatic hydroxyl groups is 1. The molecule has 0 radical (unpaired) electrons. The zero-order valence-corrected chi connectivity index (χ0v) is 4.64. The third-order valence-electron chi connectivity index (χ3n) is 0.398. The third kappa shape index (κ3) is 5.88. The fraction of sp³-hybridized carbons (Fsp3) is 1.00. The van der Waals surface area contributed by atoms with Crippen molar-refractivity contribution in [1.82, 2.24) is 5.48 Å². The van der Waals surface area contributed by atoms with Crippen molar-refractivity contribution in [1.29, 1.82) is 0 Å². The van der Waals surface area contributed by atoms with Gasteiger partial charge in [0.15, 0.2) is 6.29 Å². The standard InChI is InChI=1S/C4H11NO2/c1-3-5-7-4(2)6/h4-6H,3H2,1-2H3. The number of nitrogens with one attached hydrogen (secondary N) is 1. The molecule has 0 bridgehead atoms. The molecule has 0 aromatic rings. The van der Waals surface area contributed by atoms with Crippen LogP contribution in [-0.2, 0) is 4.84 Å². The zero-order chi connectivity index (χ0) is 5.70. The monoisotopic (exact) mass is 105 g/mol. The summed E-state index contributed by atoms with van der Waals surface area (Å²) in [5.41, 5.74) is 2.50. The summed E-state index contributed by atoms with van der Waals surface area (Å²) in [5.74, 6) is 0. The van der Waals surface area contributed by atoms with Crippen LogP contribution in [0.4, 0.5) is 0 Å². The van der Waals surface area contributed by atoms with Gasteiger partial charge in [-0.1, -0.05) is 6.92 Å². The first-order valence-corrected chi connectivity index (χ1v) is 2.34. The van der Waals surface area contributed by atoms with E-state index >= 15 is 0 Å². The van der Waals surface area contributed by atoms with Crippen LogP contribution in [0.1, 0.15) is 13.8 Å². The molecule has 0 aromatic carbocycles. The van der Waals surface area contributed by atoms with Crippen LogP contribution in [0, 0.1) is 0 Å². The molecule has 0 spiro atoms. The van der Waals surface area contributed by atoms with Crippen LogP contribution in [0.3, 0.4) is 0 Å². The first-order chi connectivity index (χ1) is 3.27. The normalized spacial score (nSPS) is 14.1. The van der Waals surface area contributed by atoms with Crippen molar-refractivity contribution in [2.75, 3.05) is 6.54 Å². The molecule has 0 saturated heterocycles. The van der Waals surface area contributed by atoms with E-state index < -0.39 is 6.29 Å². The van der Waals surface area contributed by atoms with Gasteiger partial charge in [-0.25, -0.2) is 0 Å². The van der Waals surface area contributed by atoms with E-state index in [1.807, 2.05) is 6.92 Å². The van der Waals surface area contributed by atoms with Crippen molar-refractivity contribution < 1.29 is 9.94 Å². The molecular formula is C4H11NO2.